The number of aromatic nitrogens is 1. The van der Waals surface area contributed by atoms with E-state index in [1.165, 1.54) is 32.3 Å². The second-order valence-electron chi connectivity index (χ2n) is 11.2. The first-order valence-electron chi connectivity index (χ1n) is 14.9. The maximum Gasteiger partial charge on any atom is 0.139 e. The Kier molecular flexibility index (Phi) is 5.50. The molecular formula is C41H26N2O. The Balaban J connectivity index is 1.21. The van der Waals surface area contributed by atoms with Crippen LogP contribution in [0.2, 0.25) is 0 Å². The van der Waals surface area contributed by atoms with Gasteiger partial charge in [0, 0.05) is 45.4 Å². The van der Waals surface area contributed by atoms with Gasteiger partial charge in [-0.1, -0.05) is 109 Å². The van der Waals surface area contributed by atoms with Crippen molar-refractivity contribution in [1.29, 1.82) is 0 Å². The monoisotopic (exact) mass is 562 g/mol. The Labute approximate surface area is 254 Å². The molecule has 0 saturated heterocycles. The van der Waals surface area contributed by atoms with Crippen molar-refractivity contribution in [2.75, 3.05) is 4.90 Å². The van der Waals surface area contributed by atoms with Crippen LogP contribution in [0.1, 0.15) is 0 Å². The number of para-hydroxylation sites is 2. The molecule has 0 N–H and O–H groups in total. The van der Waals surface area contributed by atoms with Gasteiger partial charge in [-0.05, 0) is 63.3 Å². The molecule has 0 radical (unpaired) electrons. The van der Waals surface area contributed by atoms with E-state index in [1.807, 2.05) is 30.5 Å². The van der Waals surface area contributed by atoms with E-state index < -0.39 is 0 Å². The first kappa shape index (κ1) is 24.6. The third-order valence-corrected chi connectivity index (χ3v) is 8.67. The SMILES string of the molecule is c1ccc(N(c2ccc(-c3cc4oc5ccccc5c4cn3)cc2)c2cc3ccc4ccccc4c3c3ccccc23)cc1. The first-order chi connectivity index (χ1) is 21.8. The maximum atomic E-state index is 6.15. The number of hydrogen-bond donors (Lipinski definition) is 0. The van der Waals surface area contributed by atoms with Crippen molar-refractivity contribution in [2.24, 2.45) is 0 Å². The molecule has 0 spiro atoms. The van der Waals surface area contributed by atoms with Crippen LogP contribution < -0.4 is 4.90 Å². The summed E-state index contributed by atoms with van der Waals surface area (Å²) in [4.78, 5) is 7.17. The van der Waals surface area contributed by atoms with E-state index in [4.69, 9.17) is 9.40 Å². The molecule has 44 heavy (non-hydrogen) atoms. The highest BCUT2D eigenvalue weighted by Crippen LogP contribution is 2.43. The predicted molar refractivity (Wildman–Crippen MR) is 184 cm³/mol. The molecule has 0 atom stereocenters. The Hall–Kier alpha value is -5.93. The molecule has 3 heteroatoms. The number of hydrogen-bond acceptors (Lipinski definition) is 3. The summed E-state index contributed by atoms with van der Waals surface area (Å²) in [6.45, 7) is 0. The van der Waals surface area contributed by atoms with Gasteiger partial charge in [0.25, 0.3) is 0 Å². The van der Waals surface area contributed by atoms with Crippen LogP contribution in [0.4, 0.5) is 17.1 Å². The fourth-order valence-electron chi connectivity index (χ4n) is 6.61. The van der Waals surface area contributed by atoms with Gasteiger partial charge in [0.2, 0.25) is 0 Å². The lowest BCUT2D eigenvalue weighted by molar-refractivity contribution is 0.668. The molecule has 0 fully saturated rings. The van der Waals surface area contributed by atoms with E-state index in [1.54, 1.807) is 0 Å². The minimum atomic E-state index is 0.848. The summed E-state index contributed by atoms with van der Waals surface area (Å²) in [5.41, 5.74) is 6.98. The Morgan fingerprint density at radius 2 is 1.11 bits per heavy atom. The fraction of sp³-hybridized carbons (Fsp3) is 0. The average Bonchev–Trinajstić information content (AvgIpc) is 3.47. The molecule has 0 unspecified atom stereocenters. The van der Waals surface area contributed by atoms with Crippen LogP contribution >= 0.6 is 0 Å². The molecular weight excluding hydrogens is 536 g/mol. The van der Waals surface area contributed by atoms with E-state index in [9.17, 15) is 0 Å². The van der Waals surface area contributed by atoms with Gasteiger partial charge in [0.05, 0.1) is 11.4 Å². The lowest BCUT2D eigenvalue weighted by atomic mass is 9.94. The molecule has 2 heterocycles. The largest absolute Gasteiger partial charge is 0.456 e. The average molecular weight is 563 g/mol. The molecule has 0 aliphatic rings. The van der Waals surface area contributed by atoms with Crippen LogP contribution in [0.3, 0.4) is 0 Å². The van der Waals surface area contributed by atoms with Crippen molar-refractivity contribution >= 4 is 71.3 Å². The Morgan fingerprint density at radius 3 is 1.95 bits per heavy atom. The molecule has 0 bridgehead atoms. The molecule has 0 amide bonds. The zero-order chi connectivity index (χ0) is 29.0. The van der Waals surface area contributed by atoms with Gasteiger partial charge in [-0.15, -0.1) is 0 Å². The van der Waals surface area contributed by atoms with E-state index in [0.717, 1.165) is 50.3 Å². The summed E-state index contributed by atoms with van der Waals surface area (Å²) in [6, 6.07) is 53.7. The number of pyridine rings is 1. The molecule has 2 aromatic heterocycles. The number of nitrogens with zero attached hydrogens (tertiary/aromatic N) is 2. The minimum Gasteiger partial charge on any atom is -0.456 e. The molecule has 0 aliphatic heterocycles. The maximum absolute atomic E-state index is 6.15. The van der Waals surface area contributed by atoms with Crippen LogP contribution in [0.25, 0.3) is 65.5 Å². The topological polar surface area (TPSA) is 29.3 Å². The fourth-order valence-corrected chi connectivity index (χ4v) is 6.61. The minimum absolute atomic E-state index is 0.848. The summed E-state index contributed by atoms with van der Waals surface area (Å²) in [7, 11) is 0. The van der Waals surface area contributed by atoms with Gasteiger partial charge in [0.15, 0.2) is 0 Å². The van der Waals surface area contributed by atoms with E-state index >= 15 is 0 Å². The molecule has 9 aromatic rings. The highest BCUT2D eigenvalue weighted by atomic mass is 16.3. The lowest BCUT2D eigenvalue weighted by Gasteiger charge is -2.28. The van der Waals surface area contributed by atoms with Crippen molar-refractivity contribution in [3.63, 3.8) is 0 Å². The molecule has 9 rings (SSSR count). The summed E-state index contributed by atoms with van der Waals surface area (Å²) in [6.07, 6.45) is 1.92. The van der Waals surface area contributed by atoms with Crippen LogP contribution in [0.15, 0.2) is 162 Å². The van der Waals surface area contributed by atoms with Gasteiger partial charge in [-0.25, -0.2) is 0 Å². The lowest BCUT2D eigenvalue weighted by Crippen LogP contribution is -2.10. The molecule has 3 nitrogen and oxygen atoms in total. The Bertz CT molecular complexity index is 2490. The summed E-state index contributed by atoms with van der Waals surface area (Å²) in [5.74, 6) is 0. The standard InChI is InChI=1S/C41H26N2O/c1-2-11-30(12-3-1)43(38-24-29-19-18-27-10-4-5-13-32(27)41(29)35-16-7-6-14-33(35)38)31-22-20-28(21-23-31)37-25-40-36(26-42-37)34-15-8-9-17-39(34)44-40/h1-26H. The summed E-state index contributed by atoms with van der Waals surface area (Å²) >= 11 is 0. The third-order valence-electron chi connectivity index (χ3n) is 8.67. The van der Waals surface area contributed by atoms with Gasteiger partial charge >= 0.3 is 0 Å². The quantitative estimate of drug-likeness (QED) is 0.200. The second-order valence-corrected chi connectivity index (χ2v) is 11.2. The van der Waals surface area contributed by atoms with Crippen molar-refractivity contribution in [3.8, 4) is 11.3 Å². The smallest absolute Gasteiger partial charge is 0.139 e. The molecule has 206 valence electrons. The number of anilines is 3. The van der Waals surface area contributed by atoms with E-state index in [2.05, 4.69) is 132 Å². The van der Waals surface area contributed by atoms with Crippen LogP contribution in [-0.2, 0) is 0 Å². The molecule has 0 aliphatic carbocycles. The van der Waals surface area contributed by atoms with Crippen LogP contribution in [0.5, 0.6) is 0 Å². The first-order valence-corrected chi connectivity index (χ1v) is 14.9. The van der Waals surface area contributed by atoms with E-state index in [-0.39, 0.29) is 0 Å². The van der Waals surface area contributed by atoms with E-state index in [0.29, 0.717) is 0 Å². The van der Waals surface area contributed by atoms with Crippen LogP contribution in [0, 0.1) is 0 Å². The van der Waals surface area contributed by atoms with Crippen molar-refractivity contribution in [3.05, 3.63) is 158 Å². The van der Waals surface area contributed by atoms with Crippen molar-refractivity contribution in [1.82, 2.24) is 4.98 Å². The normalized spacial score (nSPS) is 11.6. The second kappa shape index (κ2) is 9.82. The van der Waals surface area contributed by atoms with Crippen LogP contribution in [-0.4, -0.2) is 4.98 Å². The third kappa shape index (κ3) is 3.87. The number of furan rings is 1. The zero-order valence-electron chi connectivity index (χ0n) is 23.8. The summed E-state index contributed by atoms with van der Waals surface area (Å²) in [5, 5.41) is 9.62. The van der Waals surface area contributed by atoms with Gasteiger partial charge in [-0.2, -0.15) is 0 Å². The summed E-state index contributed by atoms with van der Waals surface area (Å²) < 4.78 is 6.15. The number of benzene rings is 7. The predicted octanol–water partition coefficient (Wildman–Crippen LogP) is 11.6. The van der Waals surface area contributed by atoms with Crippen molar-refractivity contribution < 1.29 is 4.42 Å². The van der Waals surface area contributed by atoms with Gasteiger partial charge in [0.1, 0.15) is 11.2 Å². The number of fused-ring (bicyclic) bond motifs is 8. The number of rotatable bonds is 4. The zero-order valence-corrected chi connectivity index (χ0v) is 23.8. The highest BCUT2D eigenvalue weighted by Gasteiger charge is 2.18. The Morgan fingerprint density at radius 1 is 0.455 bits per heavy atom. The highest BCUT2D eigenvalue weighted by molar-refractivity contribution is 6.23. The molecule has 0 saturated carbocycles. The van der Waals surface area contributed by atoms with Gasteiger partial charge in [-0.3, -0.25) is 4.98 Å². The van der Waals surface area contributed by atoms with Crippen molar-refractivity contribution in [2.45, 2.75) is 0 Å². The molecule has 7 aromatic carbocycles. The van der Waals surface area contributed by atoms with Gasteiger partial charge < -0.3 is 9.32 Å².